The Kier molecular flexibility index (Phi) is 4.64. The van der Waals surface area contributed by atoms with Gasteiger partial charge >= 0.3 is 5.97 Å². The molecule has 104 valence electrons. The number of halogens is 1. The van der Waals surface area contributed by atoms with E-state index >= 15 is 0 Å². The lowest BCUT2D eigenvalue weighted by Gasteiger charge is -2.13. The summed E-state index contributed by atoms with van der Waals surface area (Å²) in [5.41, 5.74) is 2.70. The van der Waals surface area contributed by atoms with Crippen LogP contribution in [-0.2, 0) is 16.0 Å². The van der Waals surface area contributed by atoms with Gasteiger partial charge in [0.1, 0.15) is 5.75 Å². The maximum atomic E-state index is 11.5. The molecule has 0 aliphatic heterocycles. The Bertz CT molecular complexity index is 606. The molecule has 2 aromatic rings. The predicted octanol–water partition coefficient (Wildman–Crippen LogP) is 3.73. The molecule has 0 aliphatic rings. The molecule has 2 aromatic carbocycles. The van der Waals surface area contributed by atoms with Crippen LogP contribution in [0.25, 0.3) is 11.1 Å². The first kappa shape index (κ1) is 14.4. The molecule has 0 spiro atoms. The van der Waals surface area contributed by atoms with Crippen LogP contribution in [0.15, 0.2) is 42.5 Å². The molecule has 0 aromatic heterocycles. The molecule has 3 nitrogen and oxygen atoms in total. The molecule has 4 heteroatoms. The quantitative estimate of drug-likeness (QED) is 0.805. The maximum absolute atomic E-state index is 11.5. The summed E-state index contributed by atoms with van der Waals surface area (Å²) < 4.78 is 10.1. The van der Waals surface area contributed by atoms with E-state index in [0.29, 0.717) is 10.8 Å². The smallest absolute Gasteiger partial charge is 0.310 e. The van der Waals surface area contributed by atoms with E-state index < -0.39 is 0 Å². The highest BCUT2D eigenvalue weighted by Gasteiger charge is 2.14. The molecule has 0 saturated heterocycles. The van der Waals surface area contributed by atoms with Crippen LogP contribution in [0.5, 0.6) is 5.75 Å². The van der Waals surface area contributed by atoms with E-state index in [1.54, 1.807) is 7.11 Å². The van der Waals surface area contributed by atoms with Crippen molar-refractivity contribution in [1.29, 1.82) is 0 Å². The van der Waals surface area contributed by atoms with Crippen LogP contribution >= 0.6 is 11.6 Å². The molecular weight excluding hydrogens is 276 g/mol. The Hall–Kier alpha value is -2.00. The Morgan fingerprint density at radius 3 is 2.40 bits per heavy atom. The molecule has 0 saturated carbocycles. The minimum atomic E-state index is -0.284. The molecule has 0 aliphatic carbocycles. The van der Waals surface area contributed by atoms with Crippen LogP contribution in [0.4, 0.5) is 0 Å². The van der Waals surface area contributed by atoms with Gasteiger partial charge in [-0.05, 0) is 29.3 Å². The average Bonchev–Trinajstić information content (AvgIpc) is 2.48. The Morgan fingerprint density at radius 1 is 1.10 bits per heavy atom. The van der Waals surface area contributed by atoms with Crippen molar-refractivity contribution in [1.82, 2.24) is 0 Å². The second-order valence-electron chi connectivity index (χ2n) is 4.25. The number of hydrogen-bond acceptors (Lipinski definition) is 3. The number of carbonyl (C=O) groups excluding carboxylic acids is 1. The van der Waals surface area contributed by atoms with E-state index in [1.807, 2.05) is 42.5 Å². The molecule has 0 heterocycles. The molecule has 0 bridgehead atoms. The van der Waals surface area contributed by atoms with E-state index in [1.165, 1.54) is 7.11 Å². The summed E-state index contributed by atoms with van der Waals surface area (Å²) >= 11 is 5.91. The van der Waals surface area contributed by atoms with E-state index in [0.717, 1.165) is 16.7 Å². The van der Waals surface area contributed by atoms with Crippen molar-refractivity contribution in [2.75, 3.05) is 14.2 Å². The second-order valence-corrected chi connectivity index (χ2v) is 4.69. The number of methoxy groups -OCH3 is 2. The first-order valence-corrected chi connectivity index (χ1v) is 6.52. The van der Waals surface area contributed by atoms with Gasteiger partial charge in [-0.1, -0.05) is 35.9 Å². The highest BCUT2D eigenvalue weighted by atomic mass is 35.5. The van der Waals surface area contributed by atoms with E-state index in [-0.39, 0.29) is 12.4 Å². The number of esters is 1. The highest BCUT2D eigenvalue weighted by molar-refractivity contribution is 6.30. The van der Waals surface area contributed by atoms with Gasteiger partial charge in [-0.15, -0.1) is 0 Å². The van der Waals surface area contributed by atoms with Gasteiger partial charge in [0.05, 0.1) is 20.6 Å². The van der Waals surface area contributed by atoms with E-state index in [4.69, 9.17) is 21.1 Å². The van der Waals surface area contributed by atoms with Crippen LogP contribution < -0.4 is 4.74 Å². The Balaban J connectivity index is 2.52. The third kappa shape index (κ3) is 3.11. The van der Waals surface area contributed by atoms with Crippen molar-refractivity contribution in [2.45, 2.75) is 6.42 Å². The van der Waals surface area contributed by atoms with Gasteiger partial charge in [-0.25, -0.2) is 0 Å². The zero-order valence-electron chi connectivity index (χ0n) is 11.4. The van der Waals surface area contributed by atoms with Crippen LogP contribution in [-0.4, -0.2) is 20.2 Å². The van der Waals surface area contributed by atoms with Gasteiger partial charge in [0.2, 0.25) is 0 Å². The van der Waals surface area contributed by atoms with Gasteiger partial charge < -0.3 is 9.47 Å². The summed E-state index contributed by atoms with van der Waals surface area (Å²) in [6.45, 7) is 0. The molecule has 2 rings (SSSR count). The third-order valence-electron chi connectivity index (χ3n) is 3.03. The fraction of sp³-hybridized carbons (Fsp3) is 0.188. The van der Waals surface area contributed by atoms with Crippen molar-refractivity contribution in [3.8, 4) is 16.9 Å². The summed E-state index contributed by atoms with van der Waals surface area (Å²) in [6, 6.07) is 13.0. The fourth-order valence-electron chi connectivity index (χ4n) is 2.07. The SMILES string of the molecule is COC(=O)Cc1cccc(OC)c1-c1ccc(Cl)cc1. The molecule has 0 amide bonds. The largest absolute Gasteiger partial charge is 0.496 e. The molecular formula is C16H15ClO3. The monoisotopic (exact) mass is 290 g/mol. The van der Waals surface area contributed by atoms with Crippen molar-refractivity contribution >= 4 is 17.6 Å². The summed E-state index contributed by atoms with van der Waals surface area (Å²) in [5.74, 6) is 0.433. The van der Waals surface area contributed by atoms with Crippen LogP contribution in [0.1, 0.15) is 5.56 Å². The Labute approximate surface area is 123 Å². The zero-order chi connectivity index (χ0) is 14.5. The van der Waals surface area contributed by atoms with Crippen LogP contribution in [0.3, 0.4) is 0 Å². The number of ether oxygens (including phenoxy) is 2. The molecule has 0 unspecified atom stereocenters. The predicted molar refractivity (Wildman–Crippen MR) is 79.2 cm³/mol. The van der Waals surface area contributed by atoms with Crippen molar-refractivity contribution in [2.24, 2.45) is 0 Å². The number of carbonyl (C=O) groups is 1. The molecule has 0 fully saturated rings. The van der Waals surface area contributed by atoms with Crippen molar-refractivity contribution in [3.05, 3.63) is 53.1 Å². The normalized spacial score (nSPS) is 10.2. The first-order chi connectivity index (χ1) is 9.65. The molecule has 0 atom stereocenters. The lowest BCUT2D eigenvalue weighted by atomic mass is 9.96. The number of rotatable bonds is 4. The lowest BCUT2D eigenvalue weighted by molar-refractivity contribution is -0.139. The molecule has 0 radical (unpaired) electrons. The minimum Gasteiger partial charge on any atom is -0.496 e. The van der Waals surface area contributed by atoms with Gasteiger partial charge in [-0.3, -0.25) is 4.79 Å². The molecule has 20 heavy (non-hydrogen) atoms. The Morgan fingerprint density at radius 2 is 1.80 bits per heavy atom. The lowest BCUT2D eigenvalue weighted by Crippen LogP contribution is -2.06. The third-order valence-corrected chi connectivity index (χ3v) is 3.28. The summed E-state index contributed by atoms with van der Waals surface area (Å²) in [4.78, 5) is 11.5. The highest BCUT2D eigenvalue weighted by Crippen LogP contribution is 2.34. The summed E-state index contributed by atoms with van der Waals surface area (Å²) in [6.07, 6.45) is 0.200. The first-order valence-electron chi connectivity index (χ1n) is 6.14. The summed E-state index contributed by atoms with van der Waals surface area (Å²) in [5, 5.41) is 0.665. The average molecular weight is 291 g/mol. The summed E-state index contributed by atoms with van der Waals surface area (Å²) in [7, 11) is 2.99. The van der Waals surface area contributed by atoms with Gasteiger partial charge in [0, 0.05) is 10.6 Å². The van der Waals surface area contributed by atoms with Gasteiger partial charge in [0.25, 0.3) is 0 Å². The van der Waals surface area contributed by atoms with Crippen molar-refractivity contribution < 1.29 is 14.3 Å². The topological polar surface area (TPSA) is 35.5 Å². The fourth-order valence-corrected chi connectivity index (χ4v) is 2.19. The number of hydrogen-bond donors (Lipinski definition) is 0. The minimum absolute atomic E-state index is 0.200. The van der Waals surface area contributed by atoms with Crippen molar-refractivity contribution in [3.63, 3.8) is 0 Å². The van der Waals surface area contributed by atoms with E-state index in [9.17, 15) is 4.79 Å². The standard InChI is InChI=1S/C16H15ClO3/c1-19-14-5-3-4-12(10-15(18)20-2)16(14)11-6-8-13(17)9-7-11/h3-9H,10H2,1-2H3. The molecule has 0 N–H and O–H groups in total. The van der Waals surface area contributed by atoms with Crippen LogP contribution in [0, 0.1) is 0 Å². The van der Waals surface area contributed by atoms with Crippen LogP contribution in [0.2, 0.25) is 5.02 Å². The van der Waals surface area contributed by atoms with Gasteiger partial charge in [-0.2, -0.15) is 0 Å². The number of benzene rings is 2. The van der Waals surface area contributed by atoms with E-state index in [2.05, 4.69) is 0 Å². The van der Waals surface area contributed by atoms with Gasteiger partial charge in [0.15, 0.2) is 0 Å². The maximum Gasteiger partial charge on any atom is 0.310 e. The second kappa shape index (κ2) is 6.44. The zero-order valence-corrected chi connectivity index (χ0v) is 12.1.